The van der Waals surface area contributed by atoms with E-state index in [1.54, 1.807) is 31.4 Å². The zero-order valence-electron chi connectivity index (χ0n) is 14.5. The zero-order chi connectivity index (χ0) is 17.6. The van der Waals surface area contributed by atoms with Crippen molar-refractivity contribution in [3.05, 3.63) is 36.2 Å². The van der Waals surface area contributed by atoms with Gasteiger partial charge in [-0.05, 0) is 30.5 Å². The summed E-state index contributed by atoms with van der Waals surface area (Å²) < 4.78 is 10.5. The molecule has 1 aliphatic rings. The van der Waals surface area contributed by atoms with Crippen LogP contribution in [0.25, 0.3) is 0 Å². The molecule has 0 radical (unpaired) electrons. The number of benzene rings is 1. The molecule has 1 saturated heterocycles. The van der Waals surface area contributed by atoms with E-state index >= 15 is 0 Å². The first-order valence-electron chi connectivity index (χ1n) is 8.30. The maximum absolute atomic E-state index is 12.4. The number of piperidine rings is 1. The van der Waals surface area contributed by atoms with E-state index in [1.165, 1.54) is 0 Å². The topological polar surface area (TPSA) is 81.5 Å². The Morgan fingerprint density at radius 2 is 1.84 bits per heavy atom. The van der Waals surface area contributed by atoms with Crippen LogP contribution >= 0.6 is 0 Å². The van der Waals surface area contributed by atoms with Crippen LogP contribution in [-0.2, 0) is 6.54 Å². The number of hydrogen-bond acceptors (Lipinski definition) is 5. The van der Waals surface area contributed by atoms with Crippen LogP contribution in [-0.4, -0.2) is 53.2 Å². The molecule has 0 unspecified atom stereocenters. The molecule has 1 fully saturated rings. The maximum atomic E-state index is 12.4. The molecule has 2 heterocycles. The van der Waals surface area contributed by atoms with E-state index < -0.39 is 0 Å². The Labute approximate surface area is 146 Å². The van der Waals surface area contributed by atoms with Crippen molar-refractivity contribution in [3.8, 4) is 11.5 Å². The molecule has 0 spiro atoms. The number of likely N-dealkylation sites (tertiary alicyclic amines) is 1. The number of amides is 2. The van der Waals surface area contributed by atoms with Gasteiger partial charge in [-0.15, -0.1) is 0 Å². The Kier molecular flexibility index (Phi) is 5.37. The van der Waals surface area contributed by atoms with Crippen molar-refractivity contribution in [1.29, 1.82) is 0 Å². The minimum atomic E-state index is -0.0540. The molecule has 0 saturated carbocycles. The number of methoxy groups -OCH3 is 2. The third-order valence-electron chi connectivity index (χ3n) is 4.41. The highest BCUT2D eigenvalue weighted by Crippen LogP contribution is 2.27. The fraction of sp³-hybridized carbons (Fsp3) is 0.471. The molecule has 1 aliphatic heterocycles. The molecule has 0 atom stereocenters. The van der Waals surface area contributed by atoms with Gasteiger partial charge in [-0.1, -0.05) is 6.07 Å². The highest BCUT2D eigenvalue weighted by Gasteiger charge is 2.24. The Morgan fingerprint density at radius 3 is 2.48 bits per heavy atom. The number of rotatable bonds is 5. The Bertz CT molecular complexity index is 696. The molecular weight excluding hydrogens is 322 g/mol. The number of hydrogen-bond donors (Lipinski definition) is 1. The van der Waals surface area contributed by atoms with Crippen LogP contribution in [0.2, 0.25) is 0 Å². The first kappa shape index (κ1) is 17.1. The van der Waals surface area contributed by atoms with E-state index in [4.69, 9.17) is 9.47 Å². The lowest BCUT2D eigenvalue weighted by atomic mass is 10.1. The third-order valence-corrected chi connectivity index (χ3v) is 4.41. The van der Waals surface area contributed by atoms with Gasteiger partial charge in [0.15, 0.2) is 11.5 Å². The van der Waals surface area contributed by atoms with E-state index in [1.807, 2.05) is 23.1 Å². The third kappa shape index (κ3) is 4.01. The molecule has 25 heavy (non-hydrogen) atoms. The van der Waals surface area contributed by atoms with Crippen molar-refractivity contribution in [2.45, 2.75) is 25.4 Å². The molecule has 0 aliphatic carbocycles. The van der Waals surface area contributed by atoms with Crippen LogP contribution in [0.5, 0.6) is 11.5 Å². The molecule has 8 heteroatoms. The Hall–Kier alpha value is -2.77. The summed E-state index contributed by atoms with van der Waals surface area (Å²) >= 11 is 0. The fourth-order valence-electron chi connectivity index (χ4n) is 2.99. The van der Waals surface area contributed by atoms with Gasteiger partial charge in [0, 0.05) is 19.6 Å². The summed E-state index contributed by atoms with van der Waals surface area (Å²) in [5.74, 6) is 1.33. The number of nitrogens with one attached hydrogen (secondary N) is 1. The van der Waals surface area contributed by atoms with Crippen LogP contribution in [0, 0.1) is 0 Å². The number of nitrogens with zero attached hydrogens (tertiary/aromatic N) is 4. The van der Waals surface area contributed by atoms with Gasteiger partial charge in [-0.3, -0.25) is 0 Å². The van der Waals surface area contributed by atoms with Crippen LogP contribution in [0.15, 0.2) is 30.6 Å². The molecule has 1 aromatic heterocycles. The molecule has 3 rings (SSSR count). The van der Waals surface area contributed by atoms with Gasteiger partial charge in [-0.25, -0.2) is 4.79 Å². The molecule has 2 aromatic rings. The lowest BCUT2D eigenvalue weighted by Gasteiger charge is -2.31. The summed E-state index contributed by atoms with van der Waals surface area (Å²) in [6.07, 6.45) is 5.08. The summed E-state index contributed by atoms with van der Waals surface area (Å²) in [5, 5.41) is 11.3. The predicted octanol–water partition coefficient (Wildman–Crippen LogP) is 1.84. The predicted molar refractivity (Wildman–Crippen MR) is 91.6 cm³/mol. The first-order valence-corrected chi connectivity index (χ1v) is 8.30. The summed E-state index contributed by atoms with van der Waals surface area (Å²) in [6, 6.07) is 5.83. The van der Waals surface area contributed by atoms with Crippen molar-refractivity contribution in [1.82, 2.24) is 25.2 Å². The van der Waals surface area contributed by atoms with Crippen LogP contribution in [0.1, 0.15) is 24.4 Å². The fourth-order valence-corrected chi connectivity index (χ4v) is 2.99. The maximum Gasteiger partial charge on any atom is 0.317 e. The quantitative estimate of drug-likeness (QED) is 0.894. The normalized spacial score (nSPS) is 15.0. The smallest absolute Gasteiger partial charge is 0.317 e. The second-order valence-corrected chi connectivity index (χ2v) is 5.92. The molecule has 8 nitrogen and oxygen atoms in total. The van der Waals surface area contributed by atoms with Crippen LogP contribution in [0.3, 0.4) is 0 Å². The van der Waals surface area contributed by atoms with E-state index in [-0.39, 0.29) is 12.1 Å². The molecule has 2 amide bonds. The summed E-state index contributed by atoms with van der Waals surface area (Å²) in [7, 11) is 3.19. The lowest BCUT2D eigenvalue weighted by Crippen LogP contribution is -2.44. The SMILES string of the molecule is COc1ccc(CNC(=O)N2CCC(n3nccn3)CC2)cc1OC. The molecule has 134 valence electrons. The highest BCUT2D eigenvalue weighted by atomic mass is 16.5. The van der Waals surface area contributed by atoms with Crippen molar-refractivity contribution < 1.29 is 14.3 Å². The summed E-state index contributed by atoms with van der Waals surface area (Å²) in [6.45, 7) is 1.84. The number of carbonyl (C=O) groups is 1. The minimum Gasteiger partial charge on any atom is -0.493 e. The number of aromatic nitrogens is 3. The Balaban J connectivity index is 1.50. The second-order valence-electron chi connectivity index (χ2n) is 5.92. The van der Waals surface area contributed by atoms with E-state index in [0.29, 0.717) is 31.1 Å². The van der Waals surface area contributed by atoms with Crippen LogP contribution in [0.4, 0.5) is 4.79 Å². The van der Waals surface area contributed by atoms with Gasteiger partial charge in [-0.2, -0.15) is 15.0 Å². The van der Waals surface area contributed by atoms with Gasteiger partial charge >= 0.3 is 6.03 Å². The molecular formula is C17H23N5O3. The van der Waals surface area contributed by atoms with Crippen molar-refractivity contribution >= 4 is 6.03 Å². The van der Waals surface area contributed by atoms with Gasteiger partial charge in [0.1, 0.15) is 0 Å². The van der Waals surface area contributed by atoms with E-state index in [9.17, 15) is 4.79 Å². The zero-order valence-corrected chi connectivity index (χ0v) is 14.5. The average Bonchev–Trinajstić information content (AvgIpc) is 3.20. The van der Waals surface area contributed by atoms with Gasteiger partial charge in [0.2, 0.25) is 0 Å². The highest BCUT2D eigenvalue weighted by molar-refractivity contribution is 5.74. The number of urea groups is 1. The van der Waals surface area contributed by atoms with Gasteiger partial charge < -0.3 is 19.7 Å². The minimum absolute atomic E-state index is 0.0540. The number of carbonyl (C=O) groups excluding carboxylic acids is 1. The Morgan fingerprint density at radius 1 is 1.16 bits per heavy atom. The van der Waals surface area contributed by atoms with Crippen molar-refractivity contribution in [3.63, 3.8) is 0 Å². The molecule has 1 aromatic carbocycles. The van der Waals surface area contributed by atoms with Crippen molar-refractivity contribution in [2.24, 2.45) is 0 Å². The van der Waals surface area contributed by atoms with Gasteiger partial charge in [0.05, 0.1) is 32.7 Å². The largest absolute Gasteiger partial charge is 0.493 e. The van der Waals surface area contributed by atoms with Crippen molar-refractivity contribution in [2.75, 3.05) is 27.3 Å². The molecule has 1 N–H and O–H groups in total. The summed E-state index contributed by atoms with van der Waals surface area (Å²) in [4.78, 5) is 15.9. The first-order chi connectivity index (χ1) is 12.2. The van der Waals surface area contributed by atoms with Gasteiger partial charge in [0.25, 0.3) is 0 Å². The lowest BCUT2D eigenvalue weighted by molar-refractivity contribution is 0.164. The number of ether oxygens (including phenoxy) is 2. The molecule has 0 bridgehead atoms. The average molecular weight is 345 g/mol. The standard InChI is InChI=1S/C17H23N5O3/c1-24-15-4-3-13(11-16(15)25-2)12-18-17(23)21-9-5-14(6-10-21)22-19-7-8-20-22/h3-4,7-8,11,14H,5-6,9-10,12H2,1-2H3,(H,18,23). The van der Waals surface area contributed by atoms with E-state index in [2.05, 4.69) is 15.5 Å². The van der Waals surface area contributed by atoms with Crippen LogP contribution < -0.4 is 14.8 Å². The summed E-state index contributed by atoms with van der Waals surface area (Å²) in [5.41, 5.74) is 0.960. The monoisotopic (exact) mass is 345 g/mol. The second kappa shape index (κ2) is 7.87. The van der Waals surface area contributed by atoms with E-state index in [0.717, 1.165) is 18.4 Å².